The van der Waals surface area contributed by atoms with Gasteiger partial charge in [-0.05, 0) is 38.0 Å². The van der Waals surface area contributed by atoms with E-state index in [4.69, 9.17) is 19.2 Å². The fourth-order valence-electron chi connectivity index (χ4n) is 4.00. The molecule has 0 aliphatic carbocycles. The molecule has 4 heterocycles. The van der Waals surface area contributed by atoms with Gasteiger partial charge in [-0.2, -0.15) is 18.3 Å². The number of alkyl halides is 3. The first-order valence-electron chi connectivity index (χ1n) is 11.4. The fourth-order valence-corrected chi connectivity index (χ4v) is 4.00. The molecule has 3 aromatic rings. The predicted octanol–water partition coefficient (Wildman–Crippen LogP) is 4.70. The standard InChI is InChI=1S/C24H26F3N5O4/c1-5-7-36-23-20-19(22(33)32(23)16-11-29-31(12-16)13-24(25,26)27)14(3)8-17(30-20)15-9-18(34-4)21(28-10-15)35-6-2/h8-12,23H,5-7,13H2,1-4H3. The highest BCUT2D eigenvalue weighted by Gasteiger charge is 2.42. The van der Waals surface area contributed by atoms with Gasteiger partial charge in [0.25, 0.3) is 11.8 Å². The lowest BCUT2D eigenvalue weighted by Crippen LogP contribution is -2.29. The molecule has 0 fully saturated rings. The van der Waals surface area contributed by atoms with Crippen LogP contribution in [0.15, 0.2) is 30.7 Å². The van der Waals surface area contributed by atoms with Gasteiger partial charge >= 0.3 is 6.18 Å². The summed E-state index contributed by atoms with van der Waals surface area (Å²) in [6.07, 6.45) is -0.711. The van der Waals surface area contributed by atoms with Gasteiger partial charge < -0.3 is 14.2 Å². The van der Waals surface area contributed by atoms with Crippen molar-refractivity contribution in [1.82, 2.24) is 19.7 Å². The van der Waals surface area contributed by atoms with Crippen molar-refractivity contribution in [2.75, 3.05) is 25.2 Å². The summed E-state index contributed by atoms with van der Waals surface area (Å²) >= 11 is 0. The van der Waals surface area contributed by atoms with Gasteiger partial charge in [0.2, 0.25) is 0 Å². The van der Waals surface area contributed by atoms with Crippen molar-refractivity contribution in [3.63, 3.8) is 0 Å². The van der Waals surface area contributed by atoms with Crippen molar-refractivity contribution in [1.29, 1.82) is 0 Å². The van der Waals surface area contributed by atoms with E-state index < -0.39 is 24.9 Å². The minimum absolute atomic E-state index is 0.189. The number of methoxy groups -OCH3 is 1. The summed E-state index contributed by atoms with van der Waals surface area (Å²) in [7, 11) is 1.51. The minimum Gasteiger partial charge on any atom is -0.491 e. The molecule has 0 bridgehead atoms. The van der Waals surface area contributed by atoms with Gasteiger partial charge in [-0.25, -0.2) is 9.97 Å². The van der Waals surface area contributed by atoms with Crippen molar-refractivity contribution in [2.24, 2.45) is 0 Å². The lowest BCUT2D eigenvalue weighted by molar-refractivity contribution is -0.142. The third kappa shape index (κ3) is 4.99. The smallest absolute Gasteiger partial charge is 0.408 e. The first-order valence-corrected chi connectivity index (χ1v) is 11.4. The van der Waals surface area contributed by atoms with Gasteiger partial charge in [0.05, 0.1) is 36.9 Å². The van der Waals surface area contributed by atoms with E-state index in [1.807, 2.05) is 13.8 Å². The Morgan fingerprint density at radius 2 is 1.94 bits per heavy atom. The summed E-state index contributed by atoms with van der Waals surface area (Å²) in [4.78, 5) is 23.8. The van der Waals surface area contributed by atoms with E-state index >= 15 is 0 Å². The van der Waals surface area contributed by atoms with E-state index in [2.05, 4.69) is 10.1 Å². The number of aryl methyl sites for hydroxylation is 1. The van der Waals surface area contributed by atoms with Crippen LogP contribution >= 0.6 is 0 Å². The summed E-state index contributed by atoms with van der Waals surface area (Å²) in [6.45, 7) is 4.99. The number of ether oxygens (including phenoxy) is 3. The van der Waals surface area contributed by atoms with Crippen LogP contribution in [0.25, 0.3) is 11.3 Å². The highest BCUT2D eigenvalue weighted by Crippen LogP contribution is 2.40. The molecule has 0 saturated carbocycles. The number of hydrogen-bond acceptors (Lipinski definition) is 7. The predicted molar refractivity (Wildman–Crippen MR) is 124 cm³/mol. The lowest BCUT2D eigenvalue weighted by atomic mass is 10.0. The van der Waals surface area contributed by atoms with Crippen molar-refractivity contribution < 1.29 is 32.2 Å². The van der Waals surface area contributed by atoms with Crippen LogP contribution in [-0.2, 0) is 11.3 Å². The molecule has 1 atom stereocenters. The largest absolute Gasteiger partial charge is 0.491 e. The van der Waals surface area contributed by atoms with Gasteiger partial charge in [-0.3, -0.25) is 14.4 Å². The zero-order valence-corrected chi connectivity index (χ0v) is 20.3. The molecular formula is C24H26F3N5O4. The molecule has 192 valence electrons. The molecule has 1 amide bonds. The first kappa shape index (κ1) is 25.4. The molecule has 3 aromatic heterocycles. The Kier molecular flexibility index (Phi) is 7.16. The molecule has 0 aromatic carbocycles. The second kappa shape index (κ2) is 10.1. The highest BCUT2D eigenvalue weighted by atomic mass is 19.4. The topological polar surface area (TPSA) is 91.6 Å². The summed E-state index contributed by atoms with van der Waals surface area (Å²) in [6, 6.07) is 3.49. The van der Waals surface area contributed by atoms with Gasteiger partial charge in [0, 0.05) is 24.6 Å². The van der Waals surface area contributed by atoms with Crippen LogP contribution in [0.1, 0.15) is 48.1 Å². The Balaban J connectivity index is 1.76. The molecular weight excluding hydrogens is 479 g/mol. The Hall–Kier alpha value is -3.67. The highest BCUT2D eigenvalue weighted by molar-refractivity contribution is 6.11. The van der Waals surface area contributed by atoms with Crippen LogP contribution in [-0.4, -0.2) is 52.2 Å². The summed E-state index contributed by atoms with van der Waals surface area (Å²) in [5, 5.41) is 3.78. The number of rotatable bonds is 9. The van der Waals surface area contributed by atoms with Crippen LogP contribution in [0.2, 0.25) is 0 Å². The number of fused-ring (bicyclic) bond motifs is 1. The van der Waals surface area contributed by atoms with Crippen molar-refractivity contribution in [3.05, 3.63) is 47.5 Å². The number of amides is 1. The van der Waals surface area contributed by atoms with Crippen LogP contribution < -0.4 is 14.4 Å². The maximum absolute atomic E-state index is 13.4. The second-order valence-electron chi connectivity index (χ2n) is 8.16. The summed E-state index contributed by atoms with van der Waals surface area (Å²) in [5.41, 5.74) is 2.72. The third-order valence-corrected chi connectivity index (χ3v) is 5.48. The number of nitrogens with zero attached hydrogens (tertiary/aromatic N) is 5. The molecule has 9 nitrogen and oxygen atoms in total. The monoisotopic (exact) mass is 505 g/mol. The maximum atomic E-state index is 13.4. The number of carbonyl (C=O) groups is 1. The maximum Gasteiger partial charge on any atom is 0.408 e. The first-order chi connectivity index (χ1) is 17.2. The lowest BCUT2D eigenvalue weighted by Gasteiger charge is -2.23. The van der Waals surface area contributed by atoms with Crippen molar-refractivity contribution >= 4 is 11.6 Å². The molecule has 0 saturated heterocycles. The summed E-state index contributed by atoms with van der Waals surface area (Å²) in [5.74, 6) is 0.363. The number of hydrogen-bond donors (Lipinski definition) is 0. The van der Waals surface area contributed by atoms with Crippen LogP contribution in [0.4, 0.5) is 18.9 Å². The van der Waals surface area contributed by atoms with E-state index in [9.17, 15) is 18.0 Å². The zero-order valence-electron chi connectivity index (χ0n) is 20.3. The van der Waals surface area contributed by atoms with Gasteiger partial charge in [-0.15, -0.1) is 0 Å². The van der Waals surface area contributed by atoms with Crippen LogP contribution in [0.5, 0.6) is 11.6 Å². The Morgan fingerprint density at radius 1 is 1.17 bits per heavy atom. The van der Waals surface area contributed by atoms with E-state index in [1.54, 1.807) is 25.3 Å². The van der Waals surface area contributed by atoms with Gasteiger partial charge in [-0.1, -0.05) is 6.92 Å². The third-order valence-electron chi connectivity index (χ3n) is 5.48. The van der Waals surface area contributed by atoms with Crippen LogP contribution in [0, 0.1) is 6.92 Å². The van der Waals surface area contributed by atoms with E-state index in [-0.39, 0.29) is 5.69 Å². The molecule has 1 aliphatic rings. The quantitative estimate of drug-likeness (QED) is 0.416. The molecule has 0 N–H and O–H groups in total. The van der Waals surface area contributed by atoms with Crippen molar-refractivity contribution in [3.8, 4) is 22.9 Å². The molecule has 4 rings (SSSR count). The van der Waals surface area contributed by atoms with E-state index in [0.29, 0.717) is 59.3 Å². The van der Waals surface area contributed by atoms with Gasteiger partial charge in [0.1, 0.15) is 12.2 Å². The molecule has 0 radical (unpaired) electrons. The molecule has 0 spiro atoms. The SMILES string of the molecule is CCCOC1c2nc(-c3cnc(OCC)c(OC)c3)cc(C)c2C(=O)N1c1cnn(CC(F)(F)F)c1. The molecule has 36 heavy (non-hydrogen) atoms. The Morgan fingerprint density at radius 3 is 2.61 bits per heavy atom. The number of carbonyl (C=O) groups excluding carboxylic acids is 1. The second-order valence-corrected chi connectivity index (χ2v) is 8.16. The number of anilines is 1. The fraction of sp³-hybridized carbons (Fsp3) is 0.417. The number of halogens is 3. The number of pyridine rings is 2. The summed E-state index contributed by atoms with van der Waals surface area (Å²) < 4.78 is 56.1. The van der Waals surface area contributed by atoms with Crippen LogP contribution in [0.3, 0.4) is 0 Å². The average Bonchev–Trinajstić information content (AvgIpc) is 3.38. The van der Waals surface area contributed by atoms with Crippen molar-refractivity contribution in [2.45, 2.75) is 46.1 Å². The normalized spacial score (nSPS) is 15.4. The molecule has 1 unspecified atom stereocenters. The van der Waals surface area contributed by atoms with E-state index in [0.717, 1.165) is 4.68 Å². The van der Waals surface area contributed by atoms with E-state index in [1.165, 1.54) is 24.4 Å². The molecule has 12 heteroatoms. The Bertz CT molecular complexity index is 1260. The van der Waals surface area contributed by atoms with Gasteiger partial charge in [0.15, 0.2) is 12.0 Å². The Labute approximate surface area is 205 Å². The molecule has 1 aliphatic heterocycles. The minimum atomic E-state index is -4.45. The average molecular weight is 505 g/mol. The zero-order chi connectivity index (χ0) is 26.0. The number of aromatic nitrogens is 4.